The Balaban J connectivity index is 2.05. The summed E-state index contributed by atoms with van der Waals surface area (Å²) in [5, 5.41) is 30.7. The minimum atomic E-state index is -1.86. The van der Waals surface area contributed by atoms with Gasteiger partial charge >= 0.3 is 5.97 Å². The number of hydrogen-bond donors (Lipinski definition) is 2. The Hall–Kier alpha value is -1.73. The van der Waals surface area contributed by atoms with Crippen LogP contribution in [-0.2, 0) is 20.9 Å². The van der Waals surface area contributed by atoms with Gasteiger partial charge in [0.1, 0.15) is 15.5 Å². The molecule has 1 amide bonds. The first-order chi connectivity index (χ1) is 14.0. The van der Waals surface area contributed by atoms with E-state index in [1.807, 2.05) is 6.92 Å². The number of carbonyl (C=O) groups excluding carboxylic acids is 2. The first-order valence-electron chi connectivity index (χ1n) is 8.93. The summed E-state index contributed by atoms with van der Waals surface area (Å²) in [6.07, 6.45) is -1.86. The molecule has 12 heteroatoms. The molecule has 1 saturated heterocycles. The second kappa shape index (κ2) is 10.1. The lowest BCUT2D eigenvalue weighted by atomic mass is 9.83. The van der Waals surface area contributed by atoms with Gasteiger partial charge in [-0.15, -0.1) is 11.8 Å². The van der Waals surface area contributed by atoms with Crippen molar-refractivity contribution in [1.29, 1.82) is 0 Å². The van der Waals surface area contributed by atoms with Crippen LogP contribution < -0.4 is 0 Å². The van der Waals surface area contributed by atoms with E-state index in [0.29, 0.717) is 9.09 Å². The Morgan fingerprint density at radius 2 is 2.00 bits per heavy atom. The first-order valence-corrected chi connectivity index (χ1v) is 11.2. The van der Waals surface area contributed by atoms with Crippen LogP contribution in [0.15, 0.2) is 24.3 Å². The van der Waals surface area contributed by atoms with Crippen LogP contribution >= 0.6 is 35.7 Å². The fourth-order valence-electron chi connectivity index (χ4n) is 2.83. The number of benzene rings is 1. The molecule has 1 aromatic carbocycles. The number of amides is 1. The highest BCUT2D eigenvalue weighted by atomic mass is 32.2. The number of thioether (sulfide) groups is 2. The van der Waals surface area contributed by atoms with Crippen molar-refractivity contribution in [3.8, 4) is 0 Å². The van der Waals surface area contributed by atoms with Crippen LogP contribution in [0, 0.1) is 16.0 Å². The van der Waals surface area contributed by atoms with Gasteiger partial charge in [0.15, 0.2) is 0 Å². The van der Waals surface area contributed by atoms with Crippen molar-refractivity contribution >= 4 is 56.8 Å². The summed E-state index contributed by atoms with van der Waals surface area (Å²) in [7, 11) is 0. The van der Waals surface area contributed by atoms with Crippen molar-refractivity contribution in [3.63, 3.8) is 0 Å². The average Bonchev–Trinajstić information content (AvgIpc) is 2.64. The lowest BCUT2D eigenvalue weighted by Gasteiger charge is -2.51. The van der Waals surface area contributed by atoms with Gasteiger partial charge in [-0.1, -0.05) is 30.9 Å². The van der Waals surface area contributed by atoms with E-state index in [4.69, 9.17) is 17.0 Å². The Morgan fingerprint density at radius 3 is 2.50 bits per heavy atom. The number of non-ortho nitro benzene ring substituents is 1. The molecule has 0 aliphatic carbocycles. The number of aliphatic hydroxyl groups is 2. The van der Waals surface area contributed by atoms with E-state index in [1.165, 1.54) is 49.9 Å². The Kier molecular flexibility index (Phi) is 8.22. The summed E-state index contributed by atoms with van der Waals surface area (Å²) in [6, 6.07) is 5.39. The monoisotopic (exact) mass is 474 g/mol. The highest BCUT2D eigenvalue weighted by Crippen LogP contribution is 2.44. The number of aliphatic hydroxyl groups excluding tert-OH is 1. The van der Waals surface area contributed by atoms with E-state index < -0.39 is 39.9 Å². The molecule has 1 heterocycles. The number of nitrogens with zero attached hydrogens (tertiary/aromatic N) is 2. The Labute approximate surface area is 187 Å². The molecule has 2 rings (SSSR count). The number of esters is 1. The van der Waals surface area contributed by atoms with Gasteiger partial charge in [-0.05, 0) is 37.3 Å². The third-order valence-corrected chi connectivity index (χ3v) is 7.06. The van der Waals surface area contributed by atoms with Crippen LogP contribution in [0.3, 0.4) is 0 Å². The van der Waals surface area contributed by atoms with Crippen molar-refractivity contribution in [2.45, 2.75) is 44.6 Å². The van der Waals surface area contributed by atoms with Crippen molar-refractivity contribution < 1.29 is 29.5 Å². The van der Waals surface area contributed by atoms with Crippen molar-refractivity contribution in [3.05, 3.63) is 39.9 Å². The van der Waals surface area contributed by atoms with E-state index in [-0.39, 0.29) is 12.3 Å². The van der Waals surface area contributed by atoms with Gasteiger partial charge in [0, 0.05) is 12.1 Å². The molecule has 30 heavy (non-hydrogen) atoms. The van der Waals surface area contributed by atoms with Crippen LogP contribution in [0.5, 0.6) is 0 Å². The largest absolute Gasteiger partial charge is 0.457 e. The quantitative estimate of drug-likeness (QED) is 0.190. The second-order valence-electron chi connectivity index (χ2n) is 6.97. The molecule has 0 spiro atoms. The number of thiocarbonyl (C=S) groups is 1. The number of carbonyl (C=O) groups is 2. The molecule has 1 aromatic rings. The zero-order chi connectivity index (χ0) is 22.6. The molecular weight excluding hydrogens is 452 g/mol. The van der Waals surface area contributed by atoms with Crippen LogP contribution in [0.1, 0.15) is 26.3 Å². The highest BCUT2D eigenvalue weighted by molar-refractivity contribution is 8.47. The Bertz CT molecular complexity index is 826. The molecule has 1 fully saturated rings. The molecule has 3 unspecified atom stereocenters. The second-order valence-corrected chi connectivity index (χ2v) is 10.6. The lowest BCUT2D eigenvalue weighted by molar-refractivity contribution is -0.384. The minimum Gasteiger partial charge on any atom is -0.457 e. The number of nitro groups is 1. The number of rotatable bonds is 8. The van der Waals surface area contributed by atoms with Gasteiger partial charge in [0.25, 0.3) is 5.69 Å². The number of hydrogen-bond acceptors (Lipinski definition) is 10. The Morgan fingerprint density at radius 1 is 1.40 bits per heavy atom. The van der Waals surface area contributed by atoms with Gasteiger partial charge < -0.3 is 14.9 Å². The standard InChI is InChI=1S/C18H22N2O7S3/c1-4-29-17(28)30-15-12(18(2,3)24)13(21)19(15)14(22)16(23)27-9-10-5-7-11(8-6-10)20(25)26/h5-8,12,14-15,22,24H,4,9H2,1-3H3. The smallest absolute Gasteiger partial charge is 0.356 e. The third-order valence-electron chi connectivity index (χ3n) is 4.32. The van der Waals surface area contributed by atoms with Crippen LogP contribution in [0.4, 0.5) is 5.69 Å². The zero-order valence-corrected chi connectivity index (χ0v) is 19.0. The van der Waals surface area contributed by atoms with Crippen molar-refractivity contribution in [2.75, 3.05) is 5.75 Å². The van der Waals surface area contributed by atoms with Gasteiger partial charge in [-0.2, -0.15) is 0 Å². The van der Waals surface area contributed by atoms with Crippen LogP contribution in [0.2, 0.25) is 0 Å². The summed E-state index contributed by atoms with van der Waals surface area (Å²) < 4.78 is 5.58. The zero-order valence-electron chi connectivity index (χ0n) is 16.5. The summed E-state index contributed by atoms with van der Waals surface area (Å²) in [4.78, 5) is 35.9. The SMILES string of the molecule is CCSC(=S)SC1C(C(C)(C)O)C(=O)N1C(O)C(=O)OCc1ccc([N+](=O)[O-])cc1. The maximum absolute atomic E-state index is 12.6. The summed E-state index contributed by atoms with van der Waals surface area (Å²) in [5.41, 5.74) is -0.980. The molecule has 164 valence electrons. The first kappa shape index (κ1) is 24.5. The van der Waals surface area contributed by atoms with Gasteiger partial charge in [0.2, 0.25) is 12.1 Å². The molecular formula is C18H22N2O7S3. The van der Waals surface area contributed by atoms with E-state index in [9.17, 15) is 29.9 Å². The van der Waals surface area contributed by atoms with E-state index in [0.717, 1.165) is 22.4 Å². The summed E-state index contributed by atoms with van der Waals surface area (Å²) in [6.45, 7) is 4.65. The van der Waals surface area contributed by atoms with E-state index in [2.05, 4.69) is 0 Å². The molecule has 3 atom stereocenters. The number of ether oxygens (including phenoxy) is 1. The molecule has 9 nitrogen and oxygen atoms in total. The van der Waals surface area contributed by atoms with Gasteiger partial charge in [-0.25, -0.2) is 4.79 Å². The van der Waals surface area contributed by atoms with Crippen LogP contribution in [0.25, 0.3) is 0 Å². The van der Waals surface area contributed by atoms with E-state index >= 15 is 0 Å². The van der Waals surface area contributed by atoms with Crippen LogP contribution in [-0.4, -0.2) is 58.4 Å². The number of nitro benzene ring substituents is 1. The maximum Gasteiger partial charge on any atom is 0.356 e. The fourth-order valence-corrected chi connectivity index (χ4v) is 5.75. The lowest BCUT2D eigenvalue weighted by Crippen LogP contribution is -2.70. The molecule has 0 radical (unpaired) electrons. The predicted molar refractivity (Wildman–Crippen MR) is 118 cm³/mol. The minimum absolute atomic E-state index is 0.102. The average molecular weight is 475 g/mol. The highest BCUT2D eigenvalue weighted by Gasteiger charge is 2.58. The maximum atomic E-state index is 12.6. The molecule has 0 bridgehead atoms. The van der Waals surface area contributed by atoms with Gasteiger partial charge in [-0.3, -0.25) is 19.8 Å². The predicted octanol–water partition coefficient (Wildman–Crippen LogP) is 2.28. The fraction of sp³-hybridized carbons (Fsp3) is 0.500. The molecule has 2 N–H and O–H groups in total. The number of likely N-dealkylation sites (tertiary alicyclic amines) is 1. The molecule has 1 aliphatic rings. The van der Waals surface area contributed by atoms with E-state index in [1.54, 1.807) is 0 Å². The molecule has 1 aliphatic heterocycles. The van der Waals surface area contributed by atoms with Crippen molar-refractivity contribution in [1.82, 2.24) is 4.90 Å². The molecule has 0 aromatic heterocycles. The topological polar surface area (TPSA) is 130 Å². The molecule has 0 saturated carbocycles. The third kappa shape index (κ3) is 5.70. The normalized spacial score (nSPS) is 19.8. The summed E-state index contributed by atoms with van der Waals surface area (Å²) >= 11 is 7.77. The van der Waals surface area contributed by atoms with Crippen molar-refractivity contribution in [2.24, 2.45) is 5.92 Å². The number of β-lactam (4-membered cyclic amide) rings is 1. The van der Waals surface area contributed by atoms with Gasteiger partial charge in [0.05, 0.1) is 16.4 Å². The summed E-state index contributed by atoms with van der Waals surface area (Å²) in [5.74, 6) is -1.74.